The van der Waals surface area contributed by atoms with E-state index >= 15 is 0 Å². The molecule has 8 nitrogen and oxygen atoms in total. The van der Waals surface area contributed by atoms with Crippen LogP contribution in [0.25, 0.3) is 0 Å². The smallest absolute Gasteiger partial charge is 0.414 e. The Hall–Kier alpha value is -2.88. The van der Waals surface area contributed by atoms with Gasteiger partial charge in [0.2, 0.25) is 5.91 Å². The van der Waals surface area contributed by atoms with Crippen molar-refractivity contribution in [3.63, 3.8) is 0 Å². The summed E-state index contributed by atoms with van der Waals surface area (Å²) in [5, 5.41) is 2.55. The van der Waals surface area contributed by atoms with Crippen LogP contribution in [-0.4, -0.2) is 37.7 Å². The quantitative estimate of drug-likeness (QED) is 0.516. The van der Waals surface area contributed by atoms with E-state index in [1.165, 1.54) is 11.8 Å². The van der Waals surface area contributed by atoms with Gasteiger partial charge in [0.05, 0.1) is 24.5 Å². The SMILES string of the molecule is CC(=O)NC[C@H]1CN(c2cc(F)c(N3C=C(NN)C4(CC4)C3)c(F)c2)C(=O)O1. The summed E-state index contributed by atoms with van der Waals surface area (Å²) < 4.78 is 34.7. The molecule has 1 spiro atoms. The lowest BCUT2D eigenvalue weighted by Gasteiger charge is -2.21. The van der Waals surface area contributed by atoms with E-state index < -0.39 is 23.8 Å². The van der Waals surface area contributed by atoms with Crippen LogP contribution >= 0.6 is 0 Å². The number of rotatable bonds is 5. The number of hydrogen-bond acceptors (Lipinski definition) is 6. The molecule has 0 bridgehead atoms. The molecule has 3 aliphatic rings. The average molecular weight is 393 g/mol. The van der Waals surface area contributed by atoms with Crippen LogP contribution in [0.2, 0.25) is 0 Å². The molecular weight excluding hydrogens is 372 g/mol. The van der Waals surface area contributed by atoms with Gasteiger partial charge in [-0.25, -0.2) is 13.6 Å². The predicted molar refractivity (Wildman–Crippen MR) is 97.1 cm³/mol. The van der Waals surface area contributed by atoms with Crippen molar-refractivity contribution < 1.29 is 23.1 Å². The lowest BCUT2D eigenvalue weighted by molar-refractivity contribution is -0.119. The number of anilines is 2. The Bertz CT molecular complexity index is 848. The first-order valence-electron chi connectivity index (χ1n) is 9.00. The molecule has 2 fully saturated rings. The van der Waals surface area contributed by atoms with E-state index in [1.54, 1.807) is 6.20 Å². The van der Waals surface area contributed by atoms with Gasteiger partial charge in [0.15, 0.2) is 11.6 Å². The number of amides is 2. The molecule has 2 aliphatic heterocycles. The highest BCUT2D eigenvalue weighted by Crippen LogP contribution is 2.55. The van der Waals surface area contributed by atoms with Gasteiger partial charge in [-0.1, -0.05) is 0 Å². The lowest BCUT2D eigenvalue weighted by Crippen LogP contribution is -2.33. The maximum Gasteiger partial charge on any atom is 0.414 e. The zero-order chi connectivity index (χ0) is 20.1. The molecular formula is C18H21F2N5O3. The van der Waals surface area contributed by atoms with Gasteiger partial charge >= 0.3 is 6.09 Å². The second-order valence-electron chi connectivity index (χ2n) is 7.41. The molecule has 2 amide bonds. The zero-order valence-electron chi connectivity index (χ0n) is 15.3. The maximum absolute atomic E-state index is 14.8. The Kier molecular flexibility index (Phi) is 4.37. The number of hydrazine groups is 1. The number of carbonyl (C=O) groups is 2. The molecule has 28 heavy (non-hydrogen) atoms. The standard InChI is InChI=1S/C18H21F2N5O3/c1-10(26)22-6-12-7-25(17(27)28-12)11-4-13(19)16(14(20)5-11)24-8-15(23-21)18(9-24)2-3-18/h4-5,8,12,23H,2-3,6-7,9,21H2,1H3,(H,22,26)/t12-/m0/s1. The number of cyclic esters (lactones) is 1. The molecule has 4 N–H and O–H groups in total. The molecule has 2 heterocycles. The van der Waals surface area contributed by atoms with Crippen molar-refractivity contribution in [3.05, 3.63) is 35.7 Å². The summed E-state index contributed by atoms with van der Waals surface area (Å²) >= 11 is 0. The van der Waals surface area contributed by atoms with E-state index in [2.05, 4.69) is 10.7 Å². The van der Waals surface area contributed by atoms with Gasteiger partial charge in [0.25, 0.3) is 0 Å². The highest BCUT2D eigenvalue weighted by atomic mass is 19.1. The highest BCUT2D eigenvalue weighted by Gasteiger charge is 2.51. The molecule has 150 valence electrons. The van der Waals surface area contributed by atoms with Crippen molar-refractivity contribution in [2.75, 3.05) is 29.4 Å². The molecule has 4 rings (SSSR count). The molecule has 1 saturated carbocycles. The van der Waals surface area contributed by atoms with Crippen LogP contribution in [-0.2, 0) is 9.53 Å². The van der Waals surface area contributed by atoms with Gasteiger partial charge in [0, 0.05) is 37.2 Å². The van der Waals surface area contributed by atoms with E-state index in [9.17, 15) is 18.4 Å². The fraction of sp³-hybridized carbons (Fsp3) is 0.444. The van der Waals surface area contributed by atoms with Crippen molar-refractivity contribution in [3.8, 4) is 0 Å². The summed E-state index contributed by atoms with van der Waals surface area (Å²) in [6.45, 7) is 2.02. The van der Waals surface area contributed by atoms with Crippen LogP contribution in [0.5, 0.6) is 0 Å². The molecule has 1 aromatic rings. The number of ether oxygens (including phenoxy) is 1. The van der Waals surface area contributed by atoms with Crippen LogP contribution in [0, 0.1) is 17.0 Å². The fourth-order valence-electron chi connectivity index (χ4n) is 3.74. The first kappa shape index (κ1) is 18.5. The van der Waals surface area contributed by atoms with Gasteiger partial charge < -0.3 is 20.4 Å². The number of nitrogens with one attached hydrogen (secondary N) is 2. The van der Waals surface area contributed by atoms with Gasteiger partial charge in [0.1, 0.15) is 11.8 Å². The first-order chi connectivity index (χ1) is 13.3. The third-order valence-corrected chi connectivity index (χ3v) is 5.39. The first-order valence-corrected chi connectivity index (χ1v) is 9.00. The van der Waals surface area contributed by atoms with E-state index in [1.807, 2.05) is 0 Å². The normalized spacial score (nSPS) is 22.4. The molecule has 1 aromatic carbocycles. The topological polar surface area (TPSA) is 99.9 Å². The molecule has 0 unspecified atom stereocenters. The number of hydrogen-bond donors (Lipinski definition) is 3. The minimum atomic E-state index is -0.779. The summed E-state index contributed by atoms with van der Waals surface area (Å²) in [4.78, 5) is 25.7. The largest absolute Gasteiger partial charge is 0.442 e. The molecule has 1 atom stereocenters. The van der Waals surface area contributed by atoms with Gasteiger partial charge in [-0.15, -0.1) is 0 Å². The summed E-state index contributed by atoms with van der Waals surface area (Å²) in [6, 6.07) is 2.23. The Morgan fingerprint density at radius 3 is 2.57 bits per heavy atom. The van der Waals surface area contributed by atoms with E-state index in [-0.39, 0.29) is 35.8 Å². The number of halogens is 2. The number of nitrogens with zero attached hydrogens (tertiary/aromatic N) is 2. The Labute approximate surface area is 160 Å². The fourth-order valence-corrected chi connectivity index (χ4v) is 3.74. The van der Waals surface area contributed by atoms with Crippen LogP contribution in [0.3, 0.4) is 0 Å². The summed E-state index contributed by atoms with van der Waals surface area (Å²) in [5.74, 6) is 3.71. The van der Waals surface area contributed by atoms with E-state index in [4.69, 9.17) is 10.6 Å². The summed E-state index contributed by atoms with van der Waals surface area (Å²) in [6.07, 6.45) is 2.15. The van der Waals surface area contributed by atoms with E-state index in [0.717, 1.165) is 35.6 Å². The van der Waals surface area contributed by atoms with Crippen LogP contribution in [0.15, 0.2) is 24.0 Å². The van der Waals surface area contributed by atoms with Gasteiger partial charge in [-0.2, -0.15) is 0 Å². The van der Waals surface area contributed by atoms with Crippen molar-refractivity contribution in [2.45, 2.75) is 25.9 Å². The minimum absolute atomic E-state index is 0.0653. The third kappa shape index (κ3) is 3.13. The second-order valence-corrected chi connectivity index (χ2v) is 7.41. The monoisotopic (exact) mass is 393 g/mol. The molecule has 10 heteroatoms. The number of benzene rings is 1. The summed E-state index contributed by atoms with van der Waals surface area (Å²) in [7, 11) is 0. The Morgan fingerprint density at radius 2 is 2.04 bits per heavy atom. The van der Waals surface area contributed by atoms with Gasteiger partial charge in [-0.3, -0.25) is 15.5 Å². The molecule has 0 radical (unpaired) electrons. The van der Waals surface area contributed by atoms with Crippen molar-refractivity contribution in [2.24, 2.45) is 11.3 Å². The van der Waals surface area contributed by atoms with Crippen molar-refractivity contribution >= 4 is 23.4 Å². The Balaban J connectivity index is 1.54. The van der Waals surface area contributed by atoms with Gasteiger partial charge in [-0.05, 0) is 12.8 Å². The molecule has 0 aromatic heterocycles. The summed E-state index contributed by atoms with van der Waals surface area (Å²) in [5.41, 5.74) is 3.12. The average Bonchev–Trinajstić information content (AvgIpc) is 3.16. The van der Waals surface area contributed by atoms with E-state index in [0.29, 0.717) is 6.54 Å². The van der Waals surface area contributed by atoms with Crippen molar-refractivity contribution in [1.82, 2.24) is 10.7 Å². The Morgan fingerprint density at radius 1 is 1.36 bits per heavy atom. The molecule has 1 aliphatic carbocycles. The minimum Gasteiger partial charge on any atom is -0.442 e. The number of carbonyl (C=O) groups excluding carboxylic acids is 2. The second kappa shape index (κ2) is 6.62. The third-order valence-electron chi connectivity index (χ3n) is 5.39. The lowest BCUT2D eigenvalue weighted by atomic mass is 10.1. The van der Waals surface area contributed by atoms with Crippen LogP contribution in [0.1, 0.15) is 19.8 Å². The highest BCUT2D eigenvalue weighted by molar-refractivity contribution is 5.90. The van der Waals surface area contributed by atoms with Crippen LogP contribution < -0.4 is 26.4 Å². The number of nitrogens with two attached hydrogens (primary N) is 1. The zero-order valence-corrected chi connectivity index (χ0v) is 15.3. The predicted octanol–water partition coefficient (Wildman–Crippen LogP) is 1.33. The molecule has 1 saturated heterocycles. The van der Waals surface area contributed by atoms with Crippen molar-refractivity contribution in [1.29, 1.82) is 0 Å². The van der Waals surface area contributed by atoms with Crippen LogP contribution in [0.4, 0.5) is 25.0 Å². The maximum atomic E-state index is 14.8.